The minimum absolute atomic E-state index is 0.262. The summed E-state index contributed by atoms with van der Waals surface area (Å²) in [7, 11) is 0. The van der Waals surface area contributed by atoms with Crippen LogP contribution in [-0.2, 0) is 6.54 Å². The van der Waals surface area contributed by atoms with Gasteiger partial charge in [-0.25, -0.2) is 9.37 Å². The third-order valence-electron chi connectivity index (χ3n) is 3.54. The fourth-order valence-corrected chi connectivity index (χ4v) is 2.33. The van der Waals surface area contributed by atoms with Crippen LogP contribution in [0.25, 0.3) is 0 Å². The van der Waals surface area contributed by atoms with Gasteiger partial charge >= 0.3 is 0 Å². The summed E-state index contributed by atoms with van der Waals surface area (Å²) in [5.41, 5.74) is 2.18. The van der Waals surface area contributed by atoms with Gasteiger partial charge in [-0.1, -0.05) is 29.8 Å². The van der Waals surface area contributed by atoms with Crippen LogP contribution in [0.15, 0.2) is 66.9 Å². The van der Waals surface area contributed by atoms with E-state index >= 15 is 0 Å². The van der Waals surface area contributed by atoms with Crippen molar-refractivity contribution in [3.63, 3.8) is 0 Å². The van der Waals surface area contributed by atoms with E-state index in [1.165, 1.54) is 12.3 Å². The Bertz CT molecular complexity index is 867. The highest BCUT2D eigenvalue weighted by atomic mass is 35.5. The number of nitrogens with zero attached hydrogens (tertiary/aromatic N) is 1. The number of halogens is 2. The Labute approximate surface area is 149 Å². The Morgan fingerprint density at radius 1 is 1.00 bits per heavy atom. The summed E-state index contributed by atoms with van der Waals surface area (Å²) >= 11 is 5.81. The van der Waals surface area contributed by atoms with Crippen LogP contribution >= 0.6 is 11.6 Å². The molecular formula is C19H15ClFN3O. The zero-order chi connectivity index (χ0) is 17.6. The average molecular weight is 356 g/mol. The van der Waals surface area contributed by atoms with Gasteiger partial charge in [0.05, 0.1) is 11.9 Å². The standard InChI is InChI=1S/C19H15ClFN3O/c20-14-5-7-15(8-6-14)24-19(25)18-10-9-16(12-23-18)22-11-13-3-1-2-4-17(13)21/h1-10,12,22H,11H2,(H,24,25). The molecule has 6 heteroatoms. The SMILES string of the molecule is O=C(Nc1ccc(Cl)cc1)c1ccc(NCc2ccccc2F)cn1. The van der Waals surface area contributed by atoms with Crippen LogP contribution in [0.4, 0.5) is 15.8 Å². The van der Waals surface area contributed by atoms with Crippen LogP contribution in [0, 0.1) is 5.82 Å². The summed E-state index contributed by atoms with van der Waals surface area (Å²) in [6, 6.07) is 16.7. The van der Waals surface area contributed by atoms with Crippen molar-refractivity contribution in [2.45, 2.75) is 6.54 Å². The molecule has 3 rings (SSSR count). The largest absolute Gasteiger partial charge is 0.380 e. The number of hydrogen-bond donors (Lipinski definition) is 2. The van der Waals surface area contributed by atoms with Crippen LogP contribution < -0.4 is 10.6 Å². The van der Waals surface area contributed by atoms with Crippen molar-refractivity contribution in [2.24, 2.45) is 0 Å². The molecule has 2 N–H and O–H groups in total. The van der Waals surface area contributed by atoms with Crippen molar-refractivity contribution in [3.05, 3.63) is 89.0 Å². The third-order valence-corrected chi connectivity index (χ3v) is 3.79. The maximum absolute atomic E-state index is 13.6. The van der Waals surface area contributed by atoms with Crippen molar-refractivity contribution in [1.82, 2.24) is 4.98 Å². The zero-order valence-corrected chi connectivity index (χ0v) is 13.9. The van der Waals surface area contributed by atoms with Gasteiger partial charge < -0.3 is 10.6 Å². The Balaban J connectivity index is 1.60. The molecule has 0 unspecified atom stereocenters. The number of anilines is 2. The highest BCUT2D eigenvalue weighted by Gasteiger charge is 2.08. The van der Waals surface area contributed by atoms with E-state index in [0.29, 0.717) is 28.5 Å². The summed E-state index contributed by atoms with van der Waals surface area (Å²) in [6.45, 7) is 0.338. The monoisotopic (exact) mass is 355 g/mol. The van der Waals surface area contributed by atoms with E-state index in [4.69, 9.17) is 11.6 Å². The number of hydrogen-bond acceptors (Lipinski definition) is 3. The third kappa shape index (κ3) is 4.55. The number of benzene rings is 2. The molecule has 1 amide bonds. The smallest absolute Gasteiger partial charge is 0.274 e. The molecule has 4 nitrogen and oxygen atoms in total. The van der Waals surface area contributed by atoms with E-state index in [2.05, 4.69) is 15.6 Å². The highest BCUT2D eigenvalue weighted by Crippen LogP contribution is 2.15. The minimum atomic E-state index is -0.317. The van der Waals surface area contributed by atoms with Crippen LogP contribution in [0.5, 0.6) is 0 Å². The van der Waals surface area contributed by atoms with Crippen LogP contribution in [0.3, 0.4) is 0 Å². The first-order valence-electron chi connectivity index (χ1n) is 7.62. The van der Waals surface area contributed by atoms with E-state index in [9.17, 15) is 9.18 Å². The molecule has 0 saturated heterocycles. The average Bonchev–Trinajstić information content (AvgIpc) is 2.63. The van der Waals surface area contributed by atoms with E-state index < -0.39 is 0 Å². The van der Waals surface area contributed by atoms with Gasteiger partial charge in [-0.3, -0.25) is 4.79 Å². The van der Waals surface area contributed by atoms with Crippen molar-refractivity contribution in [3.8, 4) is 0 Å². The molecule has 3 aromatic rings. The number of aromatic nitrogens is 1. The van der Waals surface area contributed by atoms with Gasteiger partial charge in [-0.2, -0.15) is 0 Å². The van der Waals surface area contributed by atoms with Crippen molar-refractivity contribution < 1.29 is 9.18 Å². The topological polar surface area (TPSA) is 54.0 Å². The van der Waals surface area contributed by atoms with Crippen molar-refractivity contribution in [1.29, 1.82) is 0 Å². The Kier molecular flexibility index (Phi) is 5.26. The van der Waals surface area contributed by atoms with Gasteiger partial charge in [0.25, 0.3) is 5.91 Å². The first kappa shape index (κ1) is 16.9. The number of carbonyl (C=O) groups is 1. The zero-order valence-electron chi connectivity index (χ0n) is 13.2. The van der Waals surface area contributed by atoms with Gasteiger partial charge in [0.15, 0.2) is 0 Å². The molecule has 1 heterocycles. The number of rotatable bonds is 5. The molecule has 25 heavy (non-hydrogen) atoms. The van der Waals surface area contributed by atoms with E-state index in [0.717, 1.165) is 0 Å². The number of nitrogens with one attached hydrogen (secondary N) is 2. The summed E-state index contributed by atoms with van der Waals surface area (Å²) in [6.07, 6.45) is 1.54. The molecule has 126 valence electrons. The summed E-state index contributed by atoms with van der Waals surface area (Å²) < 4.78 is 13.6. The number of carbonyl (C=O) groups excluding carboxylic acids is 1. The lowest BCUT2D eigenvalue weighted by Gasteiger charge is -2.08. The van der Waals surface area contributed by atoms with Crippen LogP contribution in [0.1, 0.15) is 16.1 Å². The summed E-state index contributed by atoms with van der Waals surface area (Å²) in [5, 5.41) is 6.41. The second kappa shape index (κ2) is 7.77. The van der Waals surface area contributed by atoms with Crippen LogP contribution in [-0.4, -0.2) is 10.9 Å². The minimum Gasteiger partial charge on any atom is -0.380 e. The van der Waals surface area contributed by atoms with Gasteiger partial charge in [0.1, 0.15) is 11.5 Å². The summed E-state index contributed by atoms with van der Waals surface area (Å²) in [4.78, 5) is 16.3. The maximum atomic E-state index is 13.6. The Morgan fingerprint density at radius 2 is 1.72 bits per heavy atom. The molecule has 0 bridgehead atoms. The first-order valence-corrected chi connectivity index (χ1v) is 8.00. The quantitative estimate of drug-likeness (QED) is 0.695. The number of amides is 1. The molecule has 0 spiro atoms. The van der Waals surface area contributed by atoms with Gasteiger partial charge in [-0.05, 0) is 42.5 Å². The van der Waals surface area contributed by atoms with E-state index in [1.807, 2.05) is 0 Å². The second-order valence-corrected chi connectivity index (χ2v) is 5.77. The number of pyridine rings is 1. The molecule has 0 saturated carbocycles. The molecule has 0 fully saturated rings. The Hall–Kier alpha value is -2.92. The van der Waals surface area contributed by atoms with E-state index in [1.54, 1.807) is 54.6 Å². The molecule has 1 aromatic heterocycles. The fraction of sp³-hybridized carbons (Fsp3) is 0.0526. The fourth-order valence-electron chi connectivity index (χ4n) is 2.20. The predicted octanol–water partition coefficient (Wildman–Crippen LogP) is 4.74. The van der Waals surface area contributed by atoms with Crippen LogP contribution in [0.2, 0.25) is 5.02 Å². The lowest BCUT2D eigenvalue weighted by molar-refractivity contribution is 0.102. The normalized spacial score (nSPS) is 10.3. The first-order chi connectivity index (χ1) is 12.1. The second-order valence-electron chi connectivity index (χ2n) is 5.34. The summed E-state index contributed by atoms with van der Waals surface area (Å²) in [5.74, 6) is -0.579. The molecular weight excluding hydrogens is 341 g/mol. The predicted molar refractivity (Wildman–Crippen MR) is 97.4 cm³/mol. The van der Waals surface area contributed by atoms with E-state index in [-0.39, 0.29) is 17.4 Å². The molecule has 2 aromatic carbocycles. The molecule has 0 radical (unpaired) electrons. The van der Waals surface area contributed by atoms with Gasteiger partial charge in [0.2, 0.25) is 0 Å². The van der Waals surface area contributed by atoms with Crippen molar-refractivity contribution in [2.75, 3.05) is 10.6 Å². The molecule has 0 aliphatic carbocycles. The van der Waals surface area contributed by atoms with Crippen molar-refractivity contribution >= 4 is 28.9 Å². The Morgan fingerprint density at radius 3 is 2.40 bits per heavy atom. The lowest BCUT2D eigenvalue weighted by Crippen LogP contribution is -2.13. The molecule has 0 aliphatic rings. The lowest BCUT2D eigenvalue weighted by atomic mass is 10.2. The highest BCUT2D eigenvalue weighted by molar-refractivity contribution is 6.30. The van der Waals surface area contributed by atoms with Gasteiger partial charge in [-0.15, -0.1) is 0 Å². The maximum Gasteiger partial charge on any atom is 0.274 e. The molecule has 0 aliphatic heterocycles. The molecule has 0 atom stereocenters. The van der Waals surface area contributed by atoms with Gasteiger partial charge in [0, 0.05) is 22.8 Å².